The average Bonchev–Trinajstić information content (AvgIpc) is 2.55. The molecule has 0 spiro atoms. The van der Waals surface area contributed by atoms with Crippen LogP contribution in [-0.4, -0.2) is 48.0 Å². The van der Waals surface area contributed by atoms with Gasteiger partial charge in [-0.25, -0.2) is 9.29 Å². The van der Waals surface area contributed by atoms with Crippen molar-refractivity contribution < 1.29 is 42.6 Å². The summed E-state index contributed by atoms with van der Waals surface area (Å²) in [4.78, 5) is 60.2. The van der Waals surface area contributed by atoms with Crippen LogP contribution in [0.3, 0.4) is 0 Å². The van der Waals surface area contributed by atoms with Crippen LogP contribution in [0.4, 0.5) is 10.1 Å². The zero-order chi connectivity index (χ0) is 20.3. The summed E-state index contributed by atoms with van der Waals surface area (Å²) in [6, 6.07) is 4.87. The van der Waals surface area contributed by atoms with Crippen LogP contribution >= 0.6 is 0 Å². The standard InChI is InChI=1S/C17H16FNO8/c1-8(20)25-13-14(26-9(2)21)16(23)19(12-7-5-4-6-11(12)18)17(24)15(13)27-10(3)22/h4-7,13-15H,1-3H3/t14-,15-/m1/s1. The number of piperidine rings is 1. The maximum atomic E-state index is 14.2. The highest BCUT2D eigenvalue weighted by molar-refractivity contribution is 6.21. The first-order valence-electron chi connectivity index (χ1n) is 7.77. The van der Waals surface area contributed by atoms with E-state index in [-0.39, 0.29) is 0 Å². The normalized spacial score (nSPS) is 20.2. The number of anilines is 1. The highest BCUT2D eigenvalue weighted by Gasteiger charge is 2.55. The number of amides is 2. The molecule has 2 amide bonds. The highest BCUT2D eigenvalue weighted by Crippen LogP contribution is 2.29. The summed E-state index contributed by atoms with van der Waals surface area (Å²) in [6.07, 6.45) is -5.33. The Morgan fingerprint density at radius 1 is 0.852 bits per heavy atom. The Hall–Kier alpha value is -3.30. The largest absolute Gasteiger partial charge is 0.453 e. The number of imide groups is 1. The first-order chi connectivity index (χ1) is 12.6. The number of esters is 3. The summed E-state index contributed by atoms with van der Waals surface area (Å²) < 4.78 is 28.9. The van der Waals surface area contributed by atoms with Crippen molar-refractivity contribution in [3.05, 3.63) is 30.1 Å². The van der Waals surface area contributed by atoms with Crippen molar-refractivity contribution in [2.75, 3.05) is 4.90 Å². The molecule has 10 heteroatoms. The van der Waals surface area contributed by atoms with Crippen LogP contribution in [0.25, 0.3) is 0 Å². The minimum absolute atomic E-state index is 0.399. The topological polar surface area (TPSA) is 116 Å². The van der Waals surface area contributed by atoms with Crippen molar-refractivity contribution in [3.63, 3.8) is 0 Å². The number of hydrogen-bond acceptors (Lipinski definition) is 8. The Morgan fingerprint density at radius 2 is 1.30 bits per heavy atom. The molecule has 1 heterocycles. The third-order valence-electron chi connectivity index (χ3n) is 3.51. The second-order valence-electron chi connectivity index (χ2n) is 5.60. The predicted octanol–water partition coefficient (Wildman–Crippen LogP) is 0.494. The third-order valence-corrected chi connectivity index (χ3v) is 3.51. The minimum Gasteiger partial charge on any atom is -0.453 e. The van der Waals surface area contributed by atoms with Crippen molar-refractivity contribution >= 4 is 35.4 Å². The van der Waals surface area contributed by atoms with Gasteiger partial charge in [0.05, 0.1) is 5.69 Å². The van der Waals surface area contributed by atoms with Gasteiger partial charge in [0, 0.05) is 20.8 Å². The molecule has 0 bridgehead atoms. The molecule has 0 unspecified atom stereocenters. The smallest absolute Gasteiger partial charge is 0.303 e. The number of halogens is 1. The number of ether oxygens (including phenoxy) is 3. The summed E-state index contributed by atoms with van der Waals surface area (Å²) in [7, 11) is 0. The molecule has 0 saturated carbocycles. The van der Waals surface area contributed by atoms with Crippen molar-refractivity contribution in [1.29, 1.82) is 0 Å². The molecule has 0 N–H and O–H groups in total. The lowest BCUT2D eigenvalue weighted by Crippen LogP contribution is -2.65. The molecule has 9 nitrogen and oxygen atoms in total. The summed E-state index contributed by atoms with van der Waals surface area (Å²) in [5.41, 5.74) is -0.428. The summed E-state index contributed by atoms with van der Waals surface area (Å²) >= 11 is 0. The first kappa shape index (κ1) is 20.0. The molecule has 1 aliphatic rings. The molecule has 1 aromatic carbocycles. The highest BCUT2D eigenvalue weighted by atomic mass is 19.1. The Morgan fingerprint density at radius 3 is 1.70 bits per heavy atom. The van der Waals surface area contributed by atoms with Gasteiger partial charge in [-0.3, -0.25) is 24.0 Å². The number of para-hydroxylation sites is 1. The van der Waals surface area contributed by atoms with Gasteiger partial charge in [0.15, 0.2) is 6.10 Å². The van der Waals surface area contributed by atoms with Crippen molar-refractivity contribution in [1.82, 2.24) is 0 Å². The molecule has 27 heavy (non-hydrogen) atoms. The van der Waals surface area contributed by atoms with Gasteiger partial charge in [-0.05, 0) is 12.1 Å². The zero-order valence-corrected chi connectivity index (χ0v) is 14.6. The summed E-state index contributed by atoms with van der Waals surface area (Å²) in [6.45, 7) is 2.97. The van der Waals surface area contributed by atoms with E-state index in [0.29, 0.717) is 4.90 Å². The van der Waals surface area contributed by atoms with E-state index in [1.54, 1.807) is 0 Å². The molecule has 0 aromatic heterocycles. The van der Waals surface area contributed by atoms with Gasteiger partial charge >= 0.3 is 17.9 Å². The van der Waals surface area contributed by atoms with Gasteiger partial charge in [-0.15, -0.1) is 0 Å². The summed E-state index contributed by atoms with van der Waals surface area (Å²) in [5, 5.41) is 0. The van der Waals surface area contributed by atoms with E-state index in [9.17, 15) is 28.4 Å². The number of benzene rings is 1. The van der Waals surface area contributed by atoms with Crippen molar-refractivity contribution in [2.24, 2.45) is 0 Å². The Labute approximate surface area is 153 Å². The van der Waals surface area contributed by atoms with Gasteiger partial charge in [-0.1, -0.05) is 12.1 Å². The van der Waals surface area contributed by atoms with E-state index in [4.69, 9.17) is 14.2 Å². The van der Waals surface area contributed by atoms with Crippen molar-refractivity contribution in [2.45, 2.75) is 39.1 Å². The fraction of sp³-hybridized carbons (Fsp3) is 0.353. The fourth-order valence-electron chi connectivity index (χ4n) is 2.58. The number of carbonyl (C=O) groups is 5. The van der Waals surface area contributed by atoms with Crippen LogP contribution in [0, 0.1) is 5.82 Å². The quantitative estimate of drug-likeness (QED) is 0.420. The van der Waals surface area contributed by atoms with Crippen LogP contribution in [0.1, 0.15) is 20.8 Å². The predicted molar refractivity (Wildman–Crippen MR) is 85.6 cm³/mol. The molecule has 144 valence electrons. The molecular weight excluding hydrogens is 365 g/mol. The zero-order valence-electron chi connectivity index (χ0n) is 14.6. The number of nitrogens with zero attached hydrogens (tertiary/aromatic N) is 1. The average molecular weight is 381 g/mol. The fourth-order valence-corrected chi connectivity index (χ4v) is 2.58. The maximum absolute atomic E-state index is 14.2. The lowest BCUT2D eigenvalue weighted by Gasteiger charge is -2.39. The van der Waals surface area contributed by atoms with E-state index < -0.39 is 59.5 Å². The van der Waals surface area contributed by atoms with Crippen LogP contribution in [0.5, 0.6) is 0 Å². The number of carbonyl (C=O) groups excluding carboxylic acids is 5. The third kappa shape index (κ3) is 4.27. The molecular formula is C17H16FNO8. The molecule has 0 aliphatic carbocycles. The molecule has 1 saturated heterocycles. The Bertz CT molecular complexity index is 772. The van der Waals surface area contributed by atoms with Gasteiger partial charge < -0.3 is 14.2 Å². The molecule has 1 fully saturated rings. The minimum atomic E-state index is -1.81. The maximum Gasteiger partial charge on any atom is 0.303 e. The molecule has 2 rings (SSSR count). The Kier molecular flexibility index (Phi) is 5.88. The van der Waals surface area contributed by atoms with Crippen LogP contribution in [-0.2, 0) is 38.2 Å². The monoisotopic (exact) mass is 381 g/mol. The molecule has 1 aliphatic heterocycles. The van der Waals surface area contributed by atoms with Crippen molar-refractivity contribution in [3.8, 4) is 0 Å². The van der Waals surface area contributed by atoms with E-state index in [0.717, 1.165) is 32.9 Å². The lowest BCUT2D eigenvalue weighted by molar-refractivity contribution is -0.191. The van der Waals surface area contributed by atoms with E-state index >= 15 is 0 Å². The van der Waals surface area contributed by atoms with Gasteiger partial charge in [0.25, 0.3) is 11.8 Å². The van der Waals surface area contributed by atoms with Gasteiger partial charge in [0.2, 0.25) is 12.2 Å². The van der Waals surface area contributed by atoms with E-state index in [2.05, 4.69) is 0 Å². The van der Waals surface area contributed by atoms with E-state index in [1.165, 1.54) is 12.1 Å². The van der Waals surface area contributed by atoms with Crippen LogP contribution in [0.2, 0.25) is 0 Å². The molecule has 0 radical (unpaired) electrons. The van der Waals surface area contributed by atoms with Crippen LogP contribution < -0.4 is 4.90 Å². The number of hydrogen-bond donors (Lipinski definition) is 0. The molecule has 1 aromatic rings. The number of rotatable bonds is 4. The van der Waals surface area contributed by atoms with E-state index in [1.807, 2.05) is 0 Å². The lowest BCUT2D eigenvalue weighted by atomic mass is 9.98. The summed E-state index contributed by atoms with van der Waals surface area (Å²) in [5.74, 6) is -5.95. The SMILES string of the molecule is CC(=O)OC1[C@@H](OC(C)=O)C(=O)N(c2ccccc2F)C(=O)[C@@H]1OC(C)=O. The molecule has 2 atom stereocenters. The Balaban J connectivity index is 2.58. The van der Waals surface area contributed by atoms with Gasteiger partial charge in [-0.2, -0.15) is 0 Å². The first-order valence-corrected chi connectivity index (χ1v) is 7.77. The second-order valence-corrected chi connectivity index (χ2v) is 5.60. The second kappa shape index (κ2) is 7.94. The van der Waals surface area contributed by atoms with Crippen LogP contribution in [0.15, 0.2) is 24.3 Å². The van der Waals surface area contributed by atoms with Gasteiger partial charge in [0.1, 0.15) is 5.82 Å².